The van der Waals surface area contributed by atoms with E-state index in [0.29, 0.717) is 5.56 Å². The monoisotopic (exact) mass is 360 g/mol. The van der Waals surface area contributed by atoms with Gasteiger partial charge < -0.3 is 4.90 Å². The van der Waals surface area contributed by atoms with E-state index < -0.39 is 10.0 Å². The molecule has 5 nitrogen and oxygen atoms in total. The minimum absolute atomic E-state index is 0.121. The van der Waals surface area contributed by atoms with E-state index in [4.69, 9.17) is 0 Å². The molecule has 0 heterocycles. The number of carbonyl (C=O) groups is 1. The van der Waals surface area contributed by atoms with Crippen LogP contribution in [-0.4, -0.2) is 27.4 Å². The van der Waals surface area contributed by atoms with E-state index in [-0.39, 0.29) is 23.9 Å². The maximum Gasteiger partial charge on any atom is 0.240 e. The Kier molecular flexibility index (Phi) is 5.98. The molecule has 0 spiro atoms. The average Bonchev–Trinajstić information content (AvgIpc) is 2.54. The third kappa shape index (κ3) is 4.67. The summed E-state index contributed by atoms with van der Waals surface area (Å²) in [6, 6.07) is 12.7. The van der Waals surface area contributed by atoms with E-state index in [1.54, 1.807) is 36.1 Å². The maximum atomic E-state index is 12.4. The van der Waals surface area contributed by atoms with Gasteiger partial charge in [-0.3, -0.25) is 4.79 Å². The molecule has 1 amide bonds. The van der Waals surface area contributed by atoms with Crippen molar-refractivity contribution in [1.82, 2.24) is 4.72 Å². The first-order valence-electron chi connectivity index (χ1n) is 8.13. The Balaban J connectivity index is 2.14. The van der Waals surface area contributed by atoms with Crippen molar-refractivity contribution < 1.29 is 13.2 Å². The maximum absolute atomic E-state index is 12.4. The number of anilines is 1. The molecular weight excluding hydrogens is 336 g/mol. The molecule has 1 N–H and O–H groups in total. The van der Waals surface area contributed by atoms with Crippen molar-refractivity contribution in [3.05, 3.63) is 59.2 Å². The van der Waals surface area contributed by atoms with Crippen LogP contribution in [-0.2, 0) is 14.8 Å². The molecule has 0 bridgehead atoms. The van der Waals surface area contributed by atoms with Crippen LogP contribution in [0.15, 0.2) is 47.4 Å². The van der Waals surface area contributed by atoms with Crippen molar-refractivity contribution in [2.24, 2.45) is 0 Å². The van der Waals surface area contributed by atoms with Gasteiger partial charge in [0, 0.05) is 25.7 Å². The number of rotatable bonds is 6. The van der Waals surface area contributed by atoms with Gasteiger partial charge in [0.1, 0.15) is 0 Å². The molecule has 134 valence electrons. The first-order chi connectivity index (χ1) is 11.7. The number of carbonyl (C=O) groups excluding carboxylic acids is 1. The van der Waals surface area contributed by atoms with Crippen molar-refractivity contribution in [3.8, 4) is 0 Å². The highest BCUT2D eigenvalue weighted by Crippen LogP contribution is 2.21. The highest BCUT2D eigenvalue weighted by molar-refractivity contribution is 7.89. The largest absolute Gasteiger partial charge is 0.311 e. The molecule has 6 heteroatoms. The lowest BCUT2D eigenvalue weighted by molar-refractivity contribution is -0.116. The Hall–Kier alpha value is -2.18. The summed E-state index contributed by atoms with van der Waals surface area (Å²) in [5.74, 6) is -0.121. The van der Waals surface area contributed by atoms with Crippen LogP contribution in [0.25, 0.3) is 0 Å². The van der Waals surface area contributed by atoms with Crippen molar-refractivity contribution >= 4 is 21.6 Å². The van der Waals surface area contributed by atoms with E-state index >= 15 is 0 Å². The molecule has 0 saturated heterocycles. The van der Waals surface area contributed by atoms with Gasteiger partial charge in [0.05, 0.1) is 4.90 Å². The quantitative estimate of drug-likeness (QED) is 0.861. The van der Waals surface area contributed by atoms with Gasteiger partial charge in [0.25, 0.3) is 0 Å². The van der Waals surface area contributed by atoms with E-state index in [0.717, 1.165) is 16.8 Å². The summed E-state index contributed by atoms with van der Waals surface area (Å²) in [6.45, 7) is 7.54. The van der Waals surface area contributed by atoms with Crippen molar-refractivity contribution in [3.63, 3.8) is 0 Å². The van der Waals surface area contributed by atoms with Crippen LogP contribution in [0.1, 0.15) is 23.6 Å². The second-order valence-electron chi connectivity index (χ2n) is 6.12. The average molecular weight is 360 g/mol. The minimum atomic E-state index is -3.60. The van der Waals surface area contributed by atoms with Gasteiger partial charge in [0.15, 0.2) is 0 Å². The molecule has 0 aromatic heterocycles. The normalized spacial score (nSPS) is 11.4. The second kappa shape index (κ2) is 7.80. The second-order valence-corrected chi connectivity index (χ2v) is 7.86. The number of hydrogen-bond acceptors (Lipinski definition) is 3. The van der Waals surface area contributed by atoms with Crippen LogP contribution in [0.5, 0.6) is 0 Å². The molecule has 0 saturated carbocycles. The van der Waals surface area contributed by atoms with Gasteiger partial charge in [-0.25, -0.2) is 13.1 Å². The number of benzene rings is 2. The highest BCUT2D eigenvalue weighted by Gasteiger charge is 2.18. The Labute approximate surface area is 149 Å². The van der Waals surface area contributed by atoms with Crippen LogP contribution < -0.4 is 9.62 Å². The SMILES string of the molecule is CC(=O)N(CCNS(=O)(=O)c1ccccc1C)c1cc(C)ccc1C. The fraction of sp³-hybridized carbons (Fsp3) is 0.316. The van der Waals surface area contributed by atoms with Gasteiger partial charge in [-0.2, -0.15) is 0 Å². The topological polar surface area (TPSA) is 66.5 Å². The zero-order chi connectivity index (χ0) is 18.6. The van der Waals surface area contributed by atoms with Crippen LogP contribution in [0.3, 0.4) is 0 Å². The van der Waals surface area contributed by atoms with Crippen molar-refractivity contribution in [1.29, 1.82) is 0 Å². The van der Waals surface area contributed by atoms with Crippen LogP contribution in [0, 0.1) is 20.8 Å². The van der Waals surface area contributed by atoms with E-state index in [1.165, 1.54) is 6.92 Å². The molecule has 0 aliphatic heterocycles. The summed E-state index contributed by atoms with van der Waals surface area (Å²) in [4.78, 5) is 13.9. The predicted molar refractivity (Wildman–Crippen MR) is 100 cm³/mol. The van der Waals surface area contributed by atoms with Crippen molar-refractivity contribution in [2.45, 2.75) is 32.6 Å². The summed E-state index contributed by atoms with van der Waals surface area (Å²) in [6.07, 6.45) is 0. The molecule has 0 aliphatic carbocycles. The van der Waals surface area contributed by atoms with E-state index in [9.17, 15) is 13.2 Å². The summed E-state index contributed by atoms with van der Waals surface area (Å²) < 4.78 is 27.5. The zero-order valence-corrected chi connectivity index (χ0v) is 15.9. The molecule has 2 aromatic rings. The molecule has 0 aliphatic rings. The van der Waals surface area contributed by atoms with Crippen LogP contribution >= 0.6 is 0 Å². The van der Waals surface area contributed by atoms with Gasteiger partial charge in [-0.05, 0) is 49.6 Å². The number of hydrogen-bond donors (Lipinski definition) is 1. The molecule has 0 fully saturated rings. The van der Waals surface area contributed by atoms with Gasteiger partial charge in [0.2, 0.25) is 15.9 Å². The summed E-state index contributed by atoms with van der Waals surface area (Å²) >= 11 is 0. The zero-order valence-electron chi connectivity index (χ0n) is 15.0. The third-order valence-corrected chi connectivity index (χ3v) is 5.67. The standard InChI is InChI=1S/C19H24N2O3S/c1-14-9-10-15(2)18(13-14)21(17(4)22)12-11-20-25(23,24)19-8-6-5-7-16(19)3/h5-10,13,20H,11-12H2,1-4H3. The molecule has 0 atom stereocenters. The van der Waals surface area contributed by atoms with Crippen molar-refractivity contribution in [2.75, 3.05) is 18.0 Å². The predicted octanol–water partition coefficient (Wildman–Crippen LogP) is 2.94. The van der Waals surface area contributed by atoms with Gasteiger partial charge >= 0.3 is 0 Å². The fourth-order valence-corrected chi connectivity index (χ4v) is 3.95. The lowest BCUT2D eigenvalue weighted by Gasteiger charge is -2.24. The Morgan fingerprint density at radius 3 is 2.36 bits per heavy atom. The molecule has 0 unspecified atom stereocenters. The number of aryl methyl sites for hydroxylation is 3. The molecule has 0 radical (unpaired) electrons. The summed E-state index contributed by atoms with van der Waals surface area (Å²) in [7, 11) is -3.60. The van der Waals surface area contributed by atoms with Gasteiger partial charge in [-0.15, -0.1) is 0 Å². The number of sulfonamides is 1. The lowest BCUT2D eigenvalue weighted by atomic mass is 10.1. The number of nitrogens with one attached hydrogen (secondary N) is 1. The number of nitrogens with zero attached hydrogens (tertiary/aromatic N) is 1. The summed E-state index contributed by atoms with van der Waals surface area (Å²) in [5.41, 5.74) is 3.52. The summed E-state index contributed by atoms with van der Waals surface area (Å²) in [5, 5.41) is 0. The molecule has 2 aromatic carbocycles. The smallest absolute Gasteiger partial charge is 0.240 e. The van der Waals surface area contributed by atoms with Crippen LogP contribution in [0.2, 0.25) is 0 Å². The number of amides is 1. The first kappa shape index (κ1) is 19.1. The molecule has 25 heavy (non-hydrogen) atoms. The van der Waals surface area contributed by atoms with E-state index in [2.05, 4.69) is 4.72 Å². The lowest BCUT2D eigenvalue weighted by Crippen LogP contribution is -2.38. The minimum Gasteiger partial charge on any atom is -0.311 e. The van der Waals surface area contributed by atoms with Gasteiger partial charge in [-0.1, -0.05) is 30.3 Å². The first-order valence-corrected chi connectivity index (χ1v) is 9.61. The molecular formula is C19H24N2O3S. The van der Waals surface area contributed by atoms with E-state index in [1.807, 2.05) is 32.0 Å². The Morgan fingerprint density at radius 2 is 1.72 bits per heavy atom. The molecule has 2 rings (SSSR count). The third-order valence-electron chi connectivity index (χ3n) is 4.05. The Bertz CT molecular complexity index is 876. The highest BCUT2D eigenvalue weighted by atomic mass is 32.2. The van der Waals surface area contributed by atoms with Crippen LogP contribution in [0.4, 0.5) is 5.69 Å². The fourth-order valence-electron chi connectivity index (χ4n) is 2.69. The Morgan fingerprint density at radius 1 is 1.04 bits per heavy atom.